The van der Waals surface area contributed by atoms with Crippen LogP contribution < -0.4 is 10.1 Å². The SMILES string of the molecule is CCC(NC(=O)C(C#N)=Cc1cccc(Br)n1)c1ccc(OCCN(C)C)cc1. The van der Waals surface area contributed by atoms with Crippen LogP contribution in [0.2, 0.25) is 0 Å². The first kappa shape index (κ1) is 22.6. The zero-order valence-electron chi connectivity index (χ0n) is 16.9. The van der Waals surface area contributed by atoms with Crippen LogP contribution in [0.1, 0.15) is 30.6 Å². The summed E-state index contributed by atoms with van der Waals surface area (Å²) in [5.41, 5.74) is 1.51. The van der Waals surface area contributed by atoms with Gasteiger partial charge in [-0.15, -0.1) is 0 Å². The van der Waals surface area contributed by atoms with Crippen molar-refractivity contribution in [2.45, 2.75) is 19.4 Å². The molecule has 1 aromatic heterocycles. The first-order valence-corrected chi connectivity index (χ1v) is 10.1. The zero-order chi connectivity index (χ0) is 21.2. The van der Waals surface area contributed by atoms with E-state index < -0.39 is 5.91 Å². The molecule has 0 aliphatic carbocycles. The molecular weight excluding hydrogens is 432 g/mol. The van der Waals surface area contributed by atoms with Crippen molar-refractivity contribution in [2.24, 2.45) is 0 Å². The fraction of sp³-hybridized carbons (Fsp3) is 0.318. The Labute approximate surface area is 180 Å². The van der Waals surface area contributed by atoms with Gasteiger partial charge in [0.05, 0.1) is 11.7 Å². The molecule has 0 fully saturated rings. The van der Waals surface area contributed by atoms with Gasteiger partial charge in [-0.25, -0.2) is 4.98 Å². The lowest BCUT2D eigenvalue weighted by atomic mass is 10.0. The van der Waals surface area contributed by atoms with Gasteiger partial charge in [0.25, 0.3) is 5.91 Å². The van der Waals surface area contributed by atoms with Crippen molar-refractivity contribution in [3.8, 4) is 11.8 Å². The number of nitrogens with one attached hydrogen (secondary N) is 1. The third kappa shape index (κ3) is 7.33. The summed E-state index contributed by atoms with van der Waals surface area (Å²) in [6.45, 7) is 3.43. The number of benzene rings is 1. The molecular formula is C22H25BrN4O2. The molecule has 0 saturated heterocycles. The number of carbonyl (C=O) groups excluding carboxylic acids is 1. The van der Waals surface area contributed by atoms with Crippen molar-refractivity contribution in [1.82, 2.24) is 15.2 Å². The molecule has 1 atom stereocenters. The van der Waals surface area contributed by atoms with Crippen molar-refractivity contribution in [3.63, 3.8) is 0 Å². The summed E-state index contributed by atoms with van der Waals surface area (Å²) in [6, 6.07) is 14.7. The molecule has 7 heteroatoms. The minimum atomic E-state index is -0.424. The smallest absolute Gasteiger partial charge is 0.262 e. The summed E-state index contributed by atoms with van der Waals surface area (Å²) in [5, 5.41) is 12.3. The molecule has 6 nitrogen and oxygen atoms in total. The Kier molecular flexibility index (Phi) is 8.84. The monoisotopic (exact) mass is 456 g/mol. The third-order valence-corrected chi connectivity index (χ3v) is 4.64. The van der Waals surface area contributed by atoms with Crippen LogP contribution in [0.15, 0.2) is 52.6 Å². The highest BCUT2D eigenvalue weighted by Crippen LogP contribution is 2.21. The van der Waals surface area contributed by atoms with Gasteiger partial charge >= 0.3 is 0 Å². The van der Waals surface area contributed by atoms with Gasteiger partial charge in [-0.3, -0.25) is 4.79 Å². The normalized spacial score (nSPS) is 12.3. The molecule has 0 aliphatic heterocycles. The molecule has 2 rings (SSSR count). The first-order chi connectivity index (χ1) is 13.9. The van der Waals surface area contributed by atoms with E-state index in [1.54, 1.807) is 18.2 Å². The van der Waals surface area contributed by atoms with E-state index in [4.69, 9.17) is 4.74 Å². The van der Waals surface area contributed by atoms with Gasteiger partial charge in [0.2, 0.25) is 0 Å². The van der Waals surface area contributed by atoms with Gasteiger partial charge in [-0.2, -0.15) is 5.26 Å². The van der Waals surface area contributed by atoms with E-state index in [0.29, 0.717) is 23.3 Å². The Morgan fingerprint density at radius 1 is 1.31 bits per heavy atom. The molecule has 1 N–H and O–H groups in total. The standard InChI is InChI=1S/C22H25BrN4O2/c1-4-20(16-8-10-19(11-9-16)29-13-12-27(2)3)26-22(28)17(15-24)14-18-6-5-7-21(23)25-18/h5-11,14,20H,4,12-13H2,1-3H3,(H,26,28). The van der Waals surface area contributed by atoms with Crippen LogP contribution in [-0.2, 0) is 4.79 Å². The van der Waals surface area contributed by atoms with E-state index in [9.17, 15) is 10.1 Å². The highest BCUT2D eigenvalue weighted by Gasteiger charge is 2.16. The Morgan fingerprint density at radius 2 is 2.03 bits per heavy atom. The van der Waals surface area contributed by atoms with Crippen molar-refractivity contribution in [1.29, 1.82) is 5.26 Å². The summed E-state index contributed by atoms with van der Waals surface area (Å²) in [5.74, 6) is 0.363. The summed E-state index contributed by atoms with van der Waals surface area (Å²) in [7, 11) is 4.00. The number of carbonyl (C=O) groups is 1. The van der Waals surface area contributed by atoms with Gasteiger partial charge < -0.3 is 15.0 Å². The highest BCUT2D eigenvalue weighted by atomic mass is 79.9. The van der Waals surface area contributed by atoms with Gasteiger partial charge in [0.15, 0.2) is 0 Å². The maximum Gasteiger partial charge on any atom is 0.262 e. The largest absolute Gasteiger partial charge is 0.492 e. The number of amides is 1. The number of rotatable bonds is 9. The maximum atomic E-state index is 12.6. The molecule has 0 bridgehead atoms. The topological polar surface area (TPSA) is 78.2 Å². The van der Waals surface area contributed by atoms with E-state index in [0.717, 1.165) is 17.9 Å². The lowest BCUT2D eigenvalue weighted by molar-refractivity contribution is -0.117. The fourth-order valence-corrected chi connectivity index (χ4v) is 2.96. The minimum absolute atomic E-state index is 0.0117. The van der Waals surface area contributed by atoms with E-state index in [1.165, 1.54) is 6.08 Å². The number of nitrogens with zero attached hydrogens (tertiary/aromatic N) is 3. The summed E-state index contributed by atoms with van der Waals surface area (Å²) < 4.78 is 6.35. The average Bonchev–Trinajstić information content (AvgIpc) is 2.70. The molecule has 29 heavy (non-hydrogen) atoms. The number of ether oxygens (including phenoxy) is 1. The number of pyridine rings is 1. The average molecular weight is 457 g/mol. The lowest BCUT2D eigenvalue weighted by Crippen LogP contribution is -2.29. The second kappa shape index (κ2) is 11.3. The van der Waals surface area contributed by atoms with E-state index >= 15 is 0 Å². The predicted octanol–water partition coefficient (Wildman–Crippen LogP) is 3.96. The molecule has 1 aromatic carbocycles. The molecule has 2 aromatic rings. The molecule has 1 amide bonds. The van der Waals surface area contributed by atoms with Crippen LogP contribution in [0.3, 0.4) is 0 Å². The molecule has 0 spiro atoms. The second-order valence-electron chi connectivity index (χ2n) is 6.71. The van der Waals surface area contributed by atoms with Gasteiger partial charge in [0.1, 0.15) is 28.6 Å². The number of aromatic nitrogens is 1. The third-order valence-electron chi connectivity index (χ3n) is 4.20. The number of nitriles is 1. The van der Waals surface area contributed by atoms with Crippen LogP contribution in [0.25, 0.3) is 6.08 Å². The Hall–Kier alpha value is -2.69. The van der Waals surface area contributed by atoms with Crippen molar-refractivity contribution >= 4 is 27.9 Å². The Balaban J connectivity index is 2.06. The van der Waals surface area contributed by atoms with E-state index in [2.05, 4.69) is 31.1 Å². The van der Waals surface area contributed by atoms with Crippen molar-refractivity contribution in [3.05, 3.63) is 63.9 Å². The quantitative estimate of drug-likeness (QED) is 0.351. The molecule has 0 saturated carbocycles. The summed E-state index contributed by atoms with van der Waals surface area (Å²) >= 11 is 3.29. The predicted molar refractivity (Wildman–Crippen MR) is 117 cm³/mol. The lowest BCUT2D eigenvalue weighted by Gasteiger charge is -2.18. The van der Waals surface area contributed by atoms with Crippen LogP contribution in [0.4, 0.5) is 0 Å². The zero-order valence-corrected chi connectivity index (χ0v) is 18.4. The van der Waals surface area contributed by atoms with Crippen LogP contribution in [0, 0.1) is 11.3 Å². The minimum Gasteiger partial charge on any atom is -0.492 e. The summed E-state index contributed by atoms with van der Waals surface area (Å²) in [4.78, 5) is 18.9. The fourth-order valence-electron chi connectivity index (χ4n) is 2.60. The van der Waals surface area contributed by atoms with Crippen molar-refractivity contribution in [2.75, 3.05) is 27.2 Å². The molecule has 1 heterocycles. The van der Waals surface area contributed by atoms with Gasteiger partial charge in [0, 0.05) is 6.54 Å². The van der Waals surface area contributed by atoms with Crippen LogP contribution in [-0.4, -0.2) is 43.0 Å². The number of hydrogen-bond acceptors (Lipinski definition) is 5. The molecule has 1 unspecified atom stereocenters. The van der Waals surface area contributed by atoms with E-state index in [-0.39, 0.29) is 11.6 Å². The van der Waals surface area contributed by atoms with Gasteiger partial charge in [-0.05, 0) is 72.4 Å². The Morgan fingerprint density at radius 3 is 2.62 bits per heavy atom. The second-order valence-corrected chi connectivity index (χ2v) is 7.52. The molecule has 152 valence electrons. The van der Waals surface area contributed by atoms with E-state index in [1.807, 2.05) is 51.4 Å². The maximum absolute atomic E-state index is 12.6. The number of halogens is 1. The molecule has 0 aliphatic rings. The van der Waals surface area contributed by atoms with Crippen LogP contribution in [0.5, 0.6) is 5.75 Å². The van der Waals surface area contributed by atoms with Gasteiger partial charge in [-0.1, -0.05) is 25.1 Å². The van der Waals surface area contributed by atoms with Crippen molar-refractivity contribution < 1.29 is 9.53 Å². The Bertz CT molecular complexity index is 888. The highest BCUT2D eigenvalue weighted by molar-refractivity contribution is 9.10. The molecule has 0 radical (unpaired) electrons. The summed E-state index contributed by atoms with van der Waals surface area (Å²) in [6.07, 6.45) is 2.18. The van der Waals surface area contributed by atoms with Crippen LogP contribution >= 0.6 is 15.9 Å². The number of likely N-dealkylation sites (N-methyl/N-ethyl adjacent to an activating group) is 1. The number of hydrogen-bond donors (Lipinski definition) is 1. The first-order valence-electron chi connectivity index (χ1n) is 9.35.